The van der Waals surface area contributed by atoms with Crippen LogP contribution in [-0.2, 0) is 32.3 Å². The summed E-state index contributed by atoms with van der Waals surface area (Å²) in [6.07, 6.45) is 3.17. The molecule has 0 amide bonds. The van der Waals surface area contributed by atoms with Crippen molar-refractivity contribution >= 4 is 11.9 Å². The largest absolute Gasteiger partial charge is 0.487 e. The van der Waals surface area contributed by atoms with Crippen LogP contribution in [0.5, 0.6) is 23.3 Å². The van der Waals surface area contributed by atoms with Crippen LogP contribution in [0, 0.1) is 22.7 Å². The zero-order valence-corrected chi connectivity index (χ0v) is 33.7. The highest BCUT2D eigenvalue weighted by atomic mass is 16.6. The molecule has 2 unspecified atom stereocenters. The normalized spacial score (nSPS) is 12.4. The topological polar surface area (TPSA) is 187 Å². The van der Waals surface area contributed by atoms with Gasteiger partial charge >= 0.3 is 11.9 Å². The van der Waals surface area contributed by atoms with Gasteiger partial charge in [-0.2, -0.15) is 10.5 Å². The Morgan fingerprint density at radius 1 is 0.638 bits per heavy atom. The molecule has 58 heavy (non-hydrogen) atoms. The number of hydrogen-bond acceptors (Lipinski definition) is 14. The molecule has 0 aliphatic heterocycles. The summed E-state index contributed by atoms with van der Waals surface area (Å²) >= 11 is 0. The Bertz CT molecular complexity index is 1900. The molecule has 0 aliphatic carbocycles. The monoisotopic (exact) mass is 790 g/mol. The molecule has 2 aromatic carbocycles. The van der Waals surface area contributed by atoms with Crippen LogP contribution in [0.15, 0.2) is 97.3 Å². The number of aromatic nitrogens is 2. The Balaban J connectivity index is 1.35. The van der Waals surface area contributed by atoms with Gasteiger partial charge in [0.15, 0.2) is 0 Å². The van der Waals surface area contributed by atoms with Gasteiger partial charge in [0.2, 0.25) is 11.8 Å². The van der Waals surface area contributed by atoms with E-state index in [1.54, 1.807) is 0 Å². The van der Waals surface area contributed by atoms with Gasteiger partial charge in [0, 0.05) is 48.5 Å². The van der Waals surface area contributed by atoms with Crippen LogP contribution in [-0.4, -0.2) is 71.5 Å². The van der Waals surface area contributed by atoms with Gasteiger partial charge in [-0.1, -0.05) is 60.7 Å². The minimum atomic E-state index is -0.830. The molecule has 2 aromatic heterocycles. The first-order chi connectivity index (χ1) is 27.7. The van der Waals surface area contributed by atoms with E-state index in [-0.39, 0.29) is 60.3 Å². The van der Waals surface area contributed by atoms with Gasteiger partial charge < -0.3 is 39.1 Å². The Labute approximate surface area is 339 Å². The van der Waals surface area contributed by atoms with Crippen LogP contribution in [0.1, 0.15) is 63.8 Å². The third-order valence-electron chi connectivity index (χ3n) is 7.84. The van der Waals surface area contributed by atoms with E-state index in [1.807, 2.05) is 102 Å². The van der Waals surface area contributed by atoms with Gasteiger partial charge in [0.1, 0.15) is 73.4 Å². The molecule has 2 atom stereocenters. The third kappa shape index (κ3) is 16.3. The Kier molecular flexibility index (Phi) is 16.6. The fourth-order valence-electron chi connectivity index (χ4n) is 4.89. The maximum Gasteiger partial charge on any atom is 0.331 e. The van der Waals surface area contributed by atoms with Crippen molar-refractivity contribution in [2.75, 3.05) is 26.3 Å². The summed E-state index contributed by atoms with van der Waals surface area (Å²) in [5, 5.41) is 26.1. The Morgan fingerprint density at radius 2 is 1.02 bits per heavy atom. The van der Waals surface area contributed by atoms with Crippen molar-refractivity contribution in [1.29, 1.82) is 10.5 Å². The smallest absolute Gasteiger partial charge is 0.331 e. The summed E-state index contributed by atoms with van der Waals surface area (Å²) in [6, 6.07) is 26.3. The van der Waals surface area contributed by atoms with Gasteiger partial charge in [-0.3, -0.25) is 0 Å². The fourth-order valence-corrected chi connectivity index (χ4v) is 4.89. The maximum absolute atomic E-state index is 13.0. The zero-order valence-electron chi connectivity index (χ0n) is 33.7. The number of carbonyl (C=O) groups is 2. The first-order valence-electron chi connectivity index (χ1n) is 18.7. The van der Waals surface area contributed by atoms with E-state index in [0.717, 1.165) is 23.3 Å². The van der Waals surface area contributed by atoms with Crippen LogP contribution in [0.4, 0.5) is 0 Å². The van der Waals surface area contributed by atoms with Crippen molar-refractivity contribution in [1.82, 2.24) is 20.6 Å². The van der Waals surface area contributed by atoms with Gasteiger partial charge in [-0.25, -0.2) is 19.6 Å². The molecule has 304 valence electrons. The predicted molar refractivity (Wildman–Crippen MR) is 215 cm³/mol. The molecule has 0 saturated heterocycles. The predicted octanol–water partition coefficient (Wildman–Crippen LogP) is 5.99. The summed E-state index contributed by atoms with van der Waals surface area (Å²) in [7, 11) is 0. The SMILES string of the molecule is CC(C)(C)NCC(COc1ncc(OCc2ccccc2)cc1C#N)OC(=O)/C=C\C(=O)OC(CNC(C)(C)C)COc1ncc(OCc2ccccc2)cc1C#N. The highest BCUT2D eigenvalue weighted by molar-refractivity contribution is 5.91. The lowest BCUT2D eigenvalue weighted by Crippen LogP contribution is -2.44. The summed E-state index contributed by atoms with van der Waals surface area (Å²) in [5.74, 6) is -0.755. The number of pyridine rings is 2. The number of benzene rings is 2. The number of esters is 2. The molecule has 2 heterocycles. The minimum Gasteiger partial charge on any atom is -0.487 e. The summed E-state index contributed by atoms with van der Waals surface area (Å²) in [6.45, 7) is 12.4. The molecular weight excluding hydrogens is 741 g/mol. The molecular formula is C44H50N6O8. The molecule has 0 saturated carbocycles. The van der Waals surface area contributed by atoms with Gasteiger partial charge in [-0.15, -0.1) is 0 Å². The molecule has 0 fully saturated rings. The van der Waals surface area contributed by atoms with Crippen molar-refractivity contribution in [3.05, 3.63) is 120 Å². The number of nitriles is 2. The molecule has 0 bridgehead atoms. The van der Waals surface area contributed by atoms with Crippen molar-refractivity contribution in [2.24, 2.45) is 0 Å². The molecule has 14 heteroatoms. The standard InChI is InChI=1S/C44H50N6O8/c1-43(2,3)49-25-37(29-55-41-33(21-45)19-35(23-47-41)53-27-31-13-9-7-10-14-31)57-39(51)17-18-40(52)58-38(26-50-44(4,5)6)30-56-42-34(22-46)20-36(24-48-42)54-28-32-15-11-8-12-16-32/h7-20,23-24,37-38,49-50H,25-30H2,1-6H3/b18-17-. The Hall–Kier alpha value is -6.48. The van der Waals surface area contributed by atoms with Crippen molar-refractivity contribution < 1.29 is 38.0 Å². The lowest BCUT2D eigenvalue weighted by molar-refractivity contribution is -0.147. The van der Waals surface area contributed by atoms with Gasteiger partial charge in [0.05, 0.1) is 12.4 Å². The quantitative estimate of drug-likeness (QED) is 0.0785. The van der Waals surface area contributed by atoms with E-state index in [9.17, 15) is 20.1 Å². The van der Waals surface area contributed by atoms with Crippen LogP contribution >= 0.6 is 0 Å². The van der Waals surface area contributed by atoms with Crippen molar-refractivity contribution in [2.45, 2.75) is 78.0 Å². The highest BCUT2D eigenvalue weighted by Gasteiger charge is 2.22. The minimum absolute atomic E-state index is 0.0482. The van der Waals surface area contributed by atoms with Crippen molar-refractivity contribution in [3.63, 3.8) is 0 Å². The maximum atomic E-state index is 13.0. The summed E-state index contributed by atoms with van der Waals surface area (Å²) in [5.41, 5.74) is 1.57. The highest BCUT2D eigenvalue weighted by Crippen LogP contribution is 2.23. The lowest BCUT2D eigenvalue weighted by atomic mass is 10.1. The first-order valence-corrected chi connectivity index (χ1v) is 18.7. The van der Waals surface area contributed by atoms with E-state index in [0.29, 0.717) is 24.7 Å². The van der Waals surface area contributed by atoms with Crippen LogP contribution in [0.25, 0.3) is 0 Å². The van der Waals surface area contributed by atoms with E-state index >= 15 is 0 Å². The van der Waals surface area contributed by atoms with E-state index in [2.05, 4.69) is 32.7 Å². The molecule has 2 N–H and O–H groups in total. The number of hydrogen-bond donors (Lipinski definition) is 2. The van der Waals surface area contributed by atoms with Gasteiger partial charge in [0.25, 0.3) is 0 Å². The molecule has 0 spiro atoms. The summed E-state index contributed by atoms with van der Waals surface area (Å²) in [4.78, 5) is 34.4. The second kappa shape index (κ2) is 21.7. The number of ether oxygens (including phenoxy) is 6. The van der Waals surface area contributed by atoms with E-state index in [1.165, 1.54) is 24.5 Å². The zero-order chi connectivity index (χ0) is 42.0. The second-order valence-electron chi connectivity index (χ2n) is 15.2. The first kappa shape index (κ1) is 44.2. The fraction of sp³-hybridized carbons (Fsp3) is 0.364. The number of nitrogens with one attached hydrogen (secondary N) is 2. The van der Waals surface area contributed by atoms with Crippen LogP contribution < -0.4 is 29.6 Å². The van der Waals surface area contributed by atoms with Crippen LogP contribution in [0.2, 0.25) is 0 Å². The molecule has 4 aromatic rings. The average Bonchev–Trinajstić information content (AvgIpc) is 3.20. The number of rotatable bonds is 20. The average molecular weight is 791 g/mol. The van der Waals surface area contributed by atoms with Gasteiger partial charge in [-0.05, 0) is 52.7 Å². The third-order valence-corrected chi connectivity index (χ3v) is 7.84. The Morgan fingerprint density at radius 3 is 1.36 bits per heavy atom. The van der Waals surface area contributed by atoms with Crippen molar-refractivity contribution in [3.8, 4) is 35.4 Å². The van der Waals surface area contributed by atoms with E-state index < -0.39 is 24.1 Å². The summed E-state index contributed by atoms with van der Waals surface area (Å²) < 4.78 is 34.5. The van der Waals surface area contributed by atoms with E-state index in [4.69, 9.17) is 28.4 Å². The number of carbonyl (C=O) groups excluding carboxylic acids is 2. The van der Waals surface area contributed by atoms with Crippen LogP contribution in [0.3, 0.4) is 0 Å². The molecule has 0 aliphatic rings. The molecule has 4 rings (SSSR count). The second-order valence-corrected chi connectivity index (χ2v) is 15.2. The molecule has 0 radical (unpaired) electrons. The molecule has 14 nitrogen and oxygen atoms in total. The lowest BCUT2D eigenvalue weighted by Gasteiger charge is -2.25. The number of nitrogens with zero attached hydrogens (tertiary/aromatic N) is 4.